The van der Waals surface area contributed by atoms with Crippen molar-refractivity contribution in [2.75, 3.05) is 7.11 Å². The number of aliphatic hydroxyl groups excluding tert-OH is 1. The summed E-state index contributed by atoms with van der Waals surface area (Å²) in [5, 5.41) is 9.09. The van der Waals surface area contributed by atoms with E-state index in [1.807, 2.05) is 30.3 Å². The fourth-order valence-electron chi connectivity index (χ4n) is 1.70. The molecular formula is C15H15BrO3. The molecule has 2 rings (SSSR count). The highest BCUT2D eigenvalue weighted by atomic mass is 79.9. The van der Waals surface area contributed by atoms with E-state index >= 15 is 0 Å². The molecule has 0 aliphatic carbocycles. The summed E-state index contributed by atoms with van der Waals surface area (Å²) in [6, 6.07) is 13.3. The summed E-state index contributed by atoms with van der Waals surface area (Å²) in [5.74, 6) is 1.29. The van der Waals surface area contributed by atoms with Gasteiger partial charge < -0.3 is 14.6 Å². The van der Waals surface area contributed by atoms with Gasteiger partial charge in [0.25, 0.3) is 0 Å². The van der Waals surface area contributed by atoms with E-state index in [2.05, 4.69) is 15.9 Å². The Balaban J connectivity index is 2.13. The van der Waals surface area contributed by atoms with Crippen LogP contribution >= 0.6 is 15.9 Å². The molecule has 2 aromatic rings. The predicted molar refractivity (Wildman–Crippen MR) is 77.4 cm³/mol. The summed E-state index contributed by atoms with van der Waals surface area (Å²) in [4.78, 5) is 0. The molecule has 0 spiro atoms. The van der Waals surface area contributed by atoms with Gasteiger partial charge in [-0.15, -0.1) is 0 Å². The second-order valence-corrected chi connectivity index (χ2v) is 4.88. The SMILES string of the molecule is COc1cc(CO)ccc1OCc1ccccc1Br. The number of halogens is 1. The van der Waals surface area contributed by atoms with E-state index in [0.717, 1.165) is 15.6 Å². The van der Waals surface area contributed by atoms with Crippen molar-refractivity contribution in [2.24, 2.45) is 0 Å². The molecule has 2 aromatic carbocycles. The highest BCUT2D eigenvalue weighted by Crippen LogP contribution is 2.29. The lowest BCUT2D eigenvalue weighted by Gasteiger charge is -2.12. The van der Waals surface area contributed by atoms with Crippen LogP contribution in [0.25, 0.3) is 0 Å². The molecule has 100 valence electrons. The Kier molecular flexibility index (Phi) is 4.82. The van der Waals surface area contributed by atoms with Gasteiger partial charge in [-0.25, -0.2) is 0 Å². The Morgan fingerprint density at radius 3 is 2.58 bits per heavy atom. The molecule has 0 aliphatic heterocycles. The zero-order valence-corrected chi connectivity index (χ0v) is 12.2. The van der Waals surface area contributed by atoms with E-state index in [0.29, 0.717) is 18.1 Å². The van der Waals surface area contributed by atoms with Crippen molar-refractivity contribution in [3.63, 3.8) is 0 Å². The molecule has 0 aromatic heterocycles. The third kappa shape index (κ3) is 3.49. The number of rotatable bonds is 5. The monoisotopic (exact) mass is 322 g/mol. The van der Waals surface area contributed by atoms with Gasteiger partial charge in [-0.1, -0.05) is 40.2 Å². The van der Waals surface area contributed by atoms with Crippen molar-refractivity contribution in [1.82, 2.24) is 0 Å². The van der Waals surface area contributed by atoms with Gasteiger partial charge in [-0.05, 0) is 23.8 Å². The molecule has 0 bridgehead atoms. The average molecular weight is 323 g/mol. The topological polar surface area (TPSA) is 38.7 Å². The number of hydrogen-bond donors (Lipinski definition) is 1. The van der Waals surface area contributed by atoms with E-state index in [9.17, 15) is 0 Å². The molecule has 0 atom stereocenters. The summed E-state index contributed by atoms with van der Waals surface area (Å²) >= 11 is 3.48. The van der Waals surface area contributed by atoms with Crippen molar-refractivity contribution in [3.05, 3.63) is 58.1 Å². The van der Waals surface area contributed by atoms with Gasteiger partial charge in [-0.2, -0.15) is 0 Å². The molecule has 0 unspecified atom stereocenters. The Morgan fingerprint density at radius 2 is 1.89 bits per heavy atom. The average Bonchev–Trinajstić information content (AvgIpc) is 2.46. The lowest BCUT2D eigenvalue weighted by molar-refractivity contribution is 0.274. The predicted octanol–water partition coefficient (Wildman–Crippen LogP) is 3.53. The number of benzene rings is 2. The molecule has 0 heterocycles. The minimum atomic E-state index is -0.0130. The van der Waals surface area contributed by atoms with Crippen LogP contribution in [0.5, 0.6) is 11.5 Å². The molecular weight excluding hydrogens is 308 g/mol. The summed E-state index contributed by atoms with van der Waals surface area (Å²) < 4.78 is 12.0. The Bertz CT molecular complexity index is 555. The first kappa shape index (κ1) is 13.9. The van der Waals surface area contributed by atoms with E-state index in [-0.39, 0.29) is 6.61 Å². The quantitative estimate of drug-likeness (QED) is 0.915. The Labute approximate surface area is 120 Å². The normalized spacial score (nSPS) is 10.3. The van der Waals surface area contributed by atoms with Gasteiger partial charge >= 0.3 is 0 Å². The third-order valence-corrected chi connectivity index (χ3v) is 3.53. The van der Waals surface area contributed by atoms with Crippen molar-refractivity contribution in [3.8, 4) is 11.5 Å². The van der Waals surface area contributed by atoms with Crippen LogP contribution in [0.2, 0.25) is 0 Å². The van der Waals surface area contributed by atoms with Crippen LogP contribution in [0, 0.1) is 0 Å². The molecule has 0 saturated carbocycles. The molecule has 0 radical (unpaired) electrons. The van der Waals surface area contributed by atoms with Gasteiger partial charge in [0, 0.05) is 10.0 Å². The van der Waals surface area contributed by atoms with Crippen LogP contribution in [0.4, 0.5) is 0 Å². The molecule has 0 fully saturated rings. The van der Waals surface area contributed by atoms with Crippen LogP contribution in [0.3, 0.4) is 0 Å². The number of aliphatic hydroxyl groups is 1. The van der Waals surface area contributed by atoms with Gasteiger partial charge in [0.05, 0.1) is 13.7 Å². The summed E-state index contributed by atoms with van der Waals surface area (Å²) in [5.41, 5.74) is 1.86. The van der Waals surface area contributed by atoms with Crippen molar-refractivity contribution < 1.29 is 14.6 Å². The lowest BCUT2D eigenvalue weighted by Crippen LogP contribution is -1.99. The first-order valence-electron chi connectivity index (χ1n) is 5.88. The second kappa shape index (κ2) is 6.59. The fraction of sp³-hybridized carbons (Fsp3) is 0.200. The van der Waals surface area contributed by atoms with Crippen LogP contribution in [0.15, 0.2) is 46.9 Å². The van der Waals surface area contributed by atoms with Crippen LogP contribution < -0.4 is 9.47 Å². The Hall–Kier alpha value is -1.52. The summed E-state index contributed by atoms with van der Waals surface area (Å²) in [6.07, 6.45) is 0. The molecule has 0 aliphatic rings. The van der Waals surface area contributed by atoms with Gasteiger partial charge in [0.1, 0.15) is 6.61 Å². The summed E-state index contributed by atoms with van der Waals surface area (Å²) in [6.45, 7) is 0.442. The highest BCUT2D eigenvalue weighted by molar-refractivity contribution is 9.10. The fourth-order valence-corrected chi connectivity index (χ4v) is 2.10. The minimum absolute atomic E-state index is 0.0130. The van der Waals surface area contributed by atoms with Gasteiger partial charge in [0.15, 0.2) is 11.5 Å². The van der Waals surface area contributed by atoms with E-state index < -0.39 is 0 Å². The minimum Gasteiger partial charge on any atom is -0.493 e. The van der Waals surface area contributed by atoms with Crippen molar-refractivity contribution in [2.45, 2.75) is 13.2 Å². The summed E-state index contributed by atoms with van der Waals surface area (Å²) in [7, 11) is 1.59. The maximum atomic E-state index is 9.09. The highest BCUT2D eigenvalue weighted by Gasteiger charge is 2.07. The molecule has 0 saturated heterocycles. The van der Waals surface area contributed by atoms with E-state index in [1.54, 1.807) is 19.2 Å². The lowest BCUT2D eigenvalue weighted by atomic mass is 10.2. The van der Waals surface area contributed by atoms with Crippen molar-refractivity contribution >= 4 is 15.9 Å². The number of ether oxygens (including phenoxy) is 2. The van der Waals surface area contributed by atoms with Crippen LogP contribution in [-0.4, -0.2) is 12.2 Å². The number of hydrogen-bond acceptors (Lipinski definition) is 3. The second-order valence-electron chi connectivity index (χ2n) is 4.02. The zero-order chi connectivity index (χ0) is 13.7. The molecule has 0 amide bonds. The maximum Gasteiger partial charge on any atom is 0.161 e. The van der Waals surface area contributed by atoms with Gasteiger partial charge in [-0.3, -0.25) is 0 Å². The molecule has 3 nitrogen and oxygen atoms in total. The van der Waals surface area contributed by atoms with Gasteiger partial charge in [0.2, 0.25) is 0 Å². The molecule has 4 heteroatoms. The largest absolute Gasteiger partial charge is 0.493 e. The first-order valence-corrected chi connectivity index (χ1v) is 6.68. The zero-order valence-electron chi connectivity index (χ0n) is 10.6. The van der Waals surface area contributed by atoms with E-state index in [4.69, 9.17) is 14.6 Å². The molecule has 1 N–H and O–H groups in total. The van der Waals surface area contributed by atoms with Crippen molar-refractivity contribution in [1.29, 1.82) is 0 Å². The van der Waals surface area contributed by atoms with Crippen LogP contribution in [-0.2, 0) is 13.2 Å². The third-order valence-electron chi connectivity index (χ3n) is 2.75. The maximum absolute atomic E-state index is 9.09. The number of methoxy groups -OCH3 is 1. The first-order chi connectivity index (χ1) is 9.24. The standard InChI is InChI=1S/C15H15BrO3/c1-18-15-8-11(9-17)6-7-14(15)19-10-12-4-2-3-5-13(12)16/h2-8,17H,9-10H2,1H3. The van der Waals surface area contributed by atoms with Crippen LogP contribution in [0.1, 0.15) is 11.1 Å². The smallest absolute Gasteiger partial charge is 0.161 e. The molecule has 19 heavy (non-hydrogen) atoms. The Morgan fingerprint density at radius 1 is 1.11 bits per heavy atom. The van der Waals surface area contributed by atoms with E-state index in [1.165, 1.54) is 0 Å².